The van der Waals surface area contributed by atoms with Crippen LogP contribution in [0.15, 0.2) is 0 Å². The molecule has 0 heterocycles. The van der Waals surface area contributed by atoms with E-state index in [9.17, 15) is 8.42 Å². The van der Waals surface area contributed by atoms with Crippen LogP contribution in [0.2, 0.25) is 0 Å². The monoisotopic (exact) mass is 295 g/mol. The van der Waals surface area contributed by atoms with Crippen molar-refractivity contribution in [3.8, 4) is 0 Å². The molecule has 0 aliphatic rings. The summed E-state index contributed by atoms with van der Waals surface area (Å²) in [4.78, 5) is 0. The van der Waals surface area contributed by atoms with E-state index in [0.29, 0.717) is 5.75 Å². The molecule has 0 aromatic carbocycles. The molecule has 0 aromatic heterocycles. The lowest BCUT2D eigenvalue weighted by molar-refractivity contribution is 0.397. The highest BCUT2D eigenvalue weighted by Gasteiger charge is 2.17. The van der Waals surface area contributed by atoms with Crippen molar-refractivity contribution in [1.29, 1.82) is 0 Å². The third kappa shape index (κ3) is 12.7. The summed E-state index contributed by atoms with van der Waals surface area (Å²) in [5.74, 6) is 1.14. The second-order valence-electron chi connectivity index (χ2n) is 6.96. The highest BCUT2D eigenvalue weighted by atomic mass is 32.3. The van der Waals surface area contributed by atoms with Gasteiger partial charge >= 0.3 is 0 Å². The van der Waals surface area contributed by atoms with Gasteiger partial charge in [0, 0.05) is 17.8 Å². The van der Waals surface area contributed by atoms with Gasteiger partial charge in [0.2, 0.25) is 0 Å². The first-order chi connectivity index (χ1) is 7.91. The Morgan fingerprint density at radius 3 is 2.06 bits per heavy atom. The predicted molar refractivity (Wildman–Crippen MR) is 82.9 cm³/mol. The van der Waals surface area contributed by atoms with Crippen LogP contribution in [0.1, 0.15) is 48.0 Å². The molecule has 0 fully saturated rings. The molecule has 0 aliphatic heterocycles. The molecular formula is C13H29NO2S2. The fourth-order valence-electron chi connectivity index (χ4n) is 1.20. The molecule has 0 spiro atoms. The minimum absolute atomic E-state index is 0.0888. The van der Waals surface area contributed by atoms with Gasteiger partial charge in [-0.1, -0.05) is 20.8 Å². The SMILES string of the molecule is CC(C)(C)CCS(=O)(=O)CSCCNC(C)(C)C. The Bertz CT molecular complexity index is 324. The zero-order chi connectivity index (χ0) is 14.4. The van der Waals surface area contributed by atoms with Gasteiger partial charge in [0.05, 0.1) is 10.8 Å². The van der Waals surface area contributed by atoms with Gasteiger partial charge in [0.1, 0.15) is 0 Å². The van der Waals surface area contributed by atoms with Crippen LogP contribution in [0.4, 0.5) is 0 Å². The Hall–Kier alpha value is 0.260. The molecule has 0 rings (SSSR count). The summed E-state index contributed by atoms with van der Waals surface area (Å²) in [6, 6.07) is 0. The maximum absolute atomic E-state index is 11.8. The molecule has 0 bridgehead atoms. The molecule has 0 saturated carbocycles. The molecule has 18 heavy (non-hydrogen) atoms. The van der Waals surface area contributed by atoms with E-state index < -0.39 is 9.84 Å². The minimum Gasteiger partial charge on any atom is -0.311 e. The van der Waals surface area contributed by atoms with Gasteiger partial charge in [-0.15, -0.1) is 11.8 Å². The maximum atomic E-state index is 11.8. The lowest BCUT2D eigenvalue weighted by Crippen LogP contribution is -2.37. The third-order valence-corrected chi connectivity index (χ3v) is 5.75. The first-order valence-electron chi connectivity index (χ1n) is 6.45. The summed E-state index contributed by atoms with van der Waals surface area (Å²) >= 11 is 1.50. The Morgan fingerprint density at radius 1 is 1.06 bits per heavy atom. The van der Waals surface area contributed by atoms with Gasteiger partial charge < -0.3 is 5.32 Å². The standard InChI is InChI=1S/C13H29NO2S2/c1-12(2,3)7-10-18(15,16)11-17-9-8-14-13(4,5)6/h14H,7-11H2,1-6H3. The second-order valence-corrected chi connectivity index (χ2v) is 10.6. The van der Waals surface area contributed by atoms with E-state index in [-0.39, 0.29) is 16.0 Å². The Labute approximate surface area is 117 Å². The third-order valence-electron chi connectivity index (χ3n) is 2.33. The predicted octanol–water partition coefficient (Wildman–Crippen LogP) is 2.92. The largest absolute Gasteiger partial charge is 0.311 e. The average Bonchev–Trinajstić information content (AvgIpc) is 2.11. The number of sulfone groups is 1. The van der Waals surface area contributed by atoms with Gasteiger partial charge in [-0.05, 0) is 32.6 Å². The molecule has 0 aliphatic carbocycles. The van der Waals surface area contributed by atoms with Crippen molar-refractivity contribution in [2.45, 2.75) is 53.5 Å². The Balaban J connectivity index is 3.79. The summed E-state index contributed by atoms with van der Waals surface area (Å²) < 4.78 is 23.6. The van der Waals surface area contributed by atoms with E-state index in [1.54, 1.807) is 0 Å². The van der Waals surface area contributed by atoms with Gasteiger partial charge in [0.15, 0.2) is 9.84 Å². The summed E-state index contributed by atoms with van der Waals surface area (Å²) in [6.07, 6.45) is 0.732. The van der Waals surface area contributed by atoms with E-state index in [2.05, 4.69) is 46.9 Å². The minimum atomic E-state index is -2.90. The van der Waals surface area contributed by atoms with Crippen molar-refractivity contribution in [1.82, 2.24) is 5.32 Å². The number of nitrogens with one attached hydrogen (secondary N) is 1. The van der Waals surface area contributed by atoms with Crippen molar-refractivity contribution in [3.63, 3.8) is 0 Å². The number of thioether (sulfide) groups is 1. The number of hydrogen-bond donors (Lipinski definition) is 1. The van der Waals surface area contributed by atoms with Crippen molar-refractivity contribution in [3.05, 3.63) is 0 Å². The fraction of sp³-hybridized carbons (Fsp3) is 1.00. The molecule has 5 heteroatoms. The molecule has 0 unspecified atom stereocenters. The van der Waals surface area contributed by atoms with Crippen LogP contribution in [0.5, 0.6) is 0 Å². The molecule has 110 valence electrons. The van der Waals surface area contributed by atoms with E-state index in [0.717, 1.165) is 18.7 Å². The first-order valence-corrected chi connectivity index (χ1v) is 9.42. The van der Waals surface area contributed by atoms with Crippen LogP contribution in [-0.2, 0) is 9.84 Å². The van der Waals surface area contributed by atoms with Crippen LogP contribution in [0, 0.1) is 5.41 Å². The molecule has 0 amide bonds. The van der Waals surface area contributed by atoms with Crippen LogP contribution in [0.3, 0.4) is 0 Å². The second kappa shape index (κ2) is 7.15. The molecule has 0 radical (unpaired) electrons. The normalized spacial score (nSPS) is 13.9. The maximum Gasteiger partial charge on any atom is 0.159 e. The summed E-state index contributed by atoms with van der Waals surface area (Å²) in [7, 11) is -2.90. The van der Waals surface area contributed by atoms with Gasteiger partial charge in [-0.2, -0.15) is 0 Å². The van der Waals surface area contributed by atoms with E-state index in [4.69, 9.17) is 0 Å². The highest BCUT2D eigenvalue weighted by Crippen LogP contribution is 2.20. The van der Waals surface area contributed by atoms with Crippen molar-refractivity contribution in [2.24, 2.45) is 5.41 Å². The van der Waals surface area contributed by atoms with Gasteiger partial charge in [-0.3, -0.25) is 0 Å². The van der Waals surface area contributed by atoms with E-state index in [1.807, 2.05) is 0 Å². The summed E-state index contributed by atoms with van der Waals surface area (Å²) in [5.41, 5.74) is 0.192. The average molecular weight is 296 g/mol. The van der Waals surface area contributed by atoms with Crippen molar-refractivity contribution >= 4 is 21.6 Å². The topological polar surface area (TPSA) is 46.2 Å². The quantitative estimate of drug-likeness (QED) is 0.734. The van der Waals surface area contributed by atoms with Crippen molar-refractivity contribution in [2.75, 3.05) is 23.1 Å². The number of hydrogen-bond acceptors (Lipinski definition) is 4. The Kier molecular flexibility index (Phi) is 7.26. The van der Waals surface area contributed by atoms with Crippen LogP contribution < -0.4 is 5.32 Å². The molecule has 0 aromatic rings. The molecular weight excluding hydrogens is 266 g/mol. The molecule has 0 saturated heterocycles. The molecule has 1 N–H and O–H groups in total. The van der Waals surface area contributed by atoms with Crippen LogP contribution in [0.25, 0.3) is 0 Å². The Morgan fingerprint density at radius 2 is 1.61 bits per heavy atom. The van der Waals surface area contributed by atoms with Crippen LogP contribution >= 0.6 is 11.8 Å². The zero-order valence-electron chi connectivity index (χ0n) is 12.7. The lowest BCUT2D eigenvalue weighted by Gasteiger charge is -2.20. The van der Waals surface area contributed by atoms with Crippen molar-refractivity contribution < 1.29 is 8.42 Å². The highest BCUT2D eigenvalue weighted by molar-refractivity contribution is 8.12. The molecule has 3 nitrogen and oxygen atoms in total. The van der Waals surface area contributed by atoms with E-state index in [1.165, 1.54) is 11.8 Å². The zero-order valence-corrected chi connectivity index (χ0v) is 14.3. The lowest BCUT2D eigenvalue weighted by atomic mass is 9.94. The van der Waals surface area contributed by atoms with Gasteiger partial charge in [-0.25, -0.2) is 8.42 Å². The summed E-state index contributed by atoms with van der Waals surface area (Å²) in [6.45, 7) is 13.4. The smallest absolute Gasteiger partial charge is 0.159 e. The van der Waals surface area contributed by atoms with Crippen LogP contribution in [-0.4, -0.2) is 37.1 Å². The first kappa shape index (κ1) is 18.3. The van der Waals surface area contributed by atoms with Gasteiger partial charge in [0.25, 0.3) is 0 Å². The molecule has 0 atom stereocenters. The summed E-state index contributed by atoms with van der Waals surface area (Å²) in [5, 5.41) is 3.59. The van der Waals surface area contributed by atoms with E-state index >= 15 is 0 Å². The fourth-order valence-corrected chi connectivity index (χ4v) is 4.33. The number of rotatable bonds is 7.